The number of hydrogen-bond acceptors (Lipinski definition) is 19. The predicted octanol–water partition coefficient (Wildman–Crippen LogP) is 0.341. The van der Waals surface area contributed by atoms with Crippen LogP contribution in [0.25, 0.3) is 0 Å². The van der Waals surface area contributed by atoms with Crippen molar-refractivity contribution in [3.63, 3.8) is 0 Å². The fourth-order valence-corrected chi connectivity index (χ4v) is 10.9. The minimum absolute atomic E-state index is 0.0165. The Balaban J connectivity index is 1.32. The average molecular weight is 1260 g/mol. The van der Waals surface area contributed by atoms with E-state index in [4.69, 9.17) is 46.8 Å². The topological polar surface area (TPSA) is 391 Å². The quantitative estimate of drug-likeness (QED) is 0.0261. The third kappa shape index (κ3) is 19.1. The van der Waals surface area contributed by atoms with E-state index in [2.05, 4.69) is 31.9 Å². The van der Waals surface area contributed by atoms with E-state index in [1.165, 1.54) is 51.9 Å². The van der Waals surface area contributed by atoms with Crippen LogP contribution in [0.1, 0.15) is 84.6 Å². The van der Waals surface area contributed by atoms with Crippen LogP contribution in [0.4, 0.5) is 15.3 Å². The molecule has 11 amide bonds. The Morgan fingerprint density at radius 1 is 0.966 bits per heavy atom. The first-order valence-corrected chi connectivity index (χ1v) is 30.2. The molecule has 4 aliphatic heterocycles. The van der Waals surface area contributed by atoms with Crippen molar-refractivity contribution in [2.24, 2.45) is 17.4 Å². The van der Waals surface area contributed by atoms with Gasteiger partial charge < -0.3 is 76.6 Å². The maximum absolute atomic E-state index is 14.5. The molecule has 2 saturated heterocycles. The normalized spacial score (nSPS) is 24.2. The Morgan fingerprint density at radius 2 is 1.62 bits per heavy atom. The number of amides is 11. The minimum atomic E-state index is -1.95. The van der Waals surface area contributed by atoms with Crippen LogP contribution in [-0.2, 0) is 68.5 Å². The molecule has 30 heteroatoms. The minimum Gasteiger partial charge on any atom is -0.495 e. The zero-order valence-corrected chi connectivity index (χ0v) is 52.0. The second kappa shape index (κ2) is 32.1. The van der Waals surface area contributed by atoms with Gasteiger partial charge in [0.2, 0.25) is 35.4 Å². The SMILES string of the molecule is COc1cc2cc(c1Cl)N(C)C(=O)CC(OC(=O)C(C)N(C)C(=O)NC(CCSC)C(=O)NC(CC(N)=O)C(=O)NC(CCCCN)C(=O)NCCNC(=O)CCN1C(=O)C=CC1=O)C1(C)OC1C(C)C1CC(O)(NC(=O)O1)C(OC)C=CC=C(C)C2. The average Bonchev–Trinajstić information content (AvgIpc) is 1.61. The van der Waals surface area contributed by atoms with Crippen LogP contribution in [-0.4, -0.2) is 207 Å². The van der Waals surface area contributed by atoms with Gasteiger partial charge in [-0.2, -0.15) is 11.8 Å². The number of halogens is 1. The second-order valence-electron chi connectivity index (χ2n) is 21.9. The van der Waals surface area contributed by atoms with Gasteiger partial charge in [-0.3, -0.25) is 48.6 Å². The summed E-state index contributed by atoms with van der Waals surface area (Å²) in [5, 5.41) is 27.4. The van der Waals surface area contributed by atoms with E-state index in [0.717, 1.165) is 27.5 Å². The van der Waals surface area contributed by atoms with Crippen molar-refractivity contribution < 1.29 is 81.5 Å². The number of primary amides is 1. The summed E-state index contributed by atoms with van der Waals surface area (Å²) in [6.45, 7) is 6.53. The van der Waals surface area contributed by atoms with E-state index in [9.17, 15) is 57.8 Å². The molecule has 1 aromatic carbocycles. The van der Waals surface area contributed by atoms with E-state index in [-0.39, 0.29) is 68.3 Å². The Morgan fingerprint density at radius 3 is 2.26 bits per heavy atom. The second-order valence-corrected chi connectivity index (χ2v) is 23.3. The molecule has 480 valence electrons. The third-order valence-electron chi connectivity index (χ3n) is 15.5. The van der Waals surface area contributed by atoms with E-state index in [0.29, 0.717) is 30.6 Å². The summed E-state index contributed by atoms with van der Waals surface area (Å²) in [5.41, 5.74) is 9.69. The number of nitrogens with one attached hydrogen (secondary N) is 6. The number of esters is 1. The highest BCUT2D eigenvalue weighted by Crippen LogP contribution is 2.49. The lowest BCUT2D eigenvalue weighted by Gasteiger charge is -2.42. The zero-order valence-electron chi connectivity index (χ0n) is 50.4. The van der Waals surface area contributed by atoms with Gasteiger partial charge in [-0.15, -0.1) is 0 Å². The number of nitrogens with two attached hydrogens (primary N) is 2. The third-order valence-corrected chi connectivity index (χ3v) is 16.5. The molecule has 4 aliphatic rings. The van der Waals surface area contributed by atoms with Gasteiger partial charge in [-0.25, -0.2) is 14.4 Å². The molecular weight excluding hydrogens is 1180 g/mol. The molecule has 0 aromatic heterocycles. The number of unbranched alkanes of at least 4 members (excludes halogenated alkanes) is 1. The zero-order chi connectivity index (χ0) is 64.5. The van der Waals surface area contributed by atoms with Crippen LogP contribution in [0, 0.1) is 5.92 Å². The van der Waals surface area contributed by atoms with Gasteiger partial charge in [0.25, 0.3) is 11.8 Å². The number of aliphatic hydroxyl groups is 1. The number of methoxy groups -OCH3 is 2. The molecule has 11 atom stereocenters. The molecule has 4 heterocycles. The molecule has 87 heavy (non-hydrogen) atoms. The van der Waals surface area contributed by atoms with Crippen molar-refractivity contribution in [2.45, 2.75) is 145 Å². The number of allylic oxidation sites excluding steroid dienone is 3. The number of ether oxygens (including phenoxy) is 5. The van der Waals surface area contributed by atoms with Crippen LogP contribution in [0.3, 0.4) is 0 Å². The molecule has 1 aromatic rings. The first kappa shape index (κ1) is 70.5. The number of anilines is 1. The number of nitrogens with zero attached hydrogens (tertiary/aromatic N) is 3. The van der Waals surface area contributed by atoms with Crippen LogP contribution in [0.5, 0.6) is 5.75 Å². The number of hydrogen-bond donors (Lipinski definition) is 9. The van der Waals surface area contributed by atoms with Gasteiger partial charge in [-0.1, -0.05) is 42.3 Å². The maximum Gasteiger partial charge on any atom is 0.409 e. The lowest BCUT2D eigenvalue weighted by molar-refractivity contribution is -0.158. The first-order chi connectivity index (χ1) is 41.1. The van der Waals surface area contributed by atoms with Crippen molar-refractivity contribution >= 4 is 94.4 Å². The monoisotopic (exact) mass is 1260 g/mol. The van der Waals surface area contributed by atoms with Crippen molar-refractivity contribution in [3.8, 4) is 5.75 Å². The number of carbonyl (C=O) groups is 11. The van der Waals surface area contributed by atoms with Crippen molar-refractivity contribution in [1.29, 1.82) is 0 Å². The summed E-state index contributed by atoms with van der Waals surface area (Å²) in [6, 6.07) is -3.16. The van der Waals surface area contributed by atoms with Gasteiger partial charge >= 0.3 is 18.1 Å². The molecule has 5 rings (SSSR count). The molecule has 2 fully saturated rings. The smallest absolute Gasteiger partial charge is 0.409 e. The summed E-state index contributed by atoms with van der Waals surface area (Å²) >= 11 is 8.17. The molecule has 0 spiro atoms. The summed E-state index contributed by atoms with van der Waals surface area (Å²) in [5.74, 6) is -6.81. The summed E-state index contributed by atoms with van der Waals surface area (Å²) in [4.78, 5) is 149. The van der Waals surface area contributed by atoms with E-state index in [1.54, 1.807) is 50.5 Å². The van der Waals surface area contributed by atoms with Crippen LogP contribution in [0.15, 0.2) is 48.1 Å². The van der Waals surface area contributed by atoms with Gasteiger partial charge in [0.05, 0.1) is 31.7 Å². The van der Waals surface area contributed by atoms with Crippen molar-refractivity contribution in [2.75, 3.05) is 71.4 Å². The highest BCUT2D eigenvalue weighted by atomic mass is 35.5. The maximum atomic E-state index is 14.5. The highest BCUT2D eigenvalue weighted by Gasteiger charge is 2.64. The Labute approximate surface area is 514 Å². The van der Waals surface area contributed by atoms with Gasteiger partial charge in [0.15, 0.2) is 5.72 Å². The number of epoxide rings is 1. The highest BCUT2D eigenvalue weighted by molar-refractivity contribution is 7.98. The molecule has 11 unspecified atom stereocenters. The Hall–Kier alpha value is -7.31. The molecule has 0 saturated carbocycles. The van der Waals surface area contributed by atoms with Crippen LogP contribution < -0.4 is 53.0 Å². The number of thioether (sulfide) groups is 1. The fraction of sp³-hybridized carbons (Fsp3) is 0.596. The number of benzene rings is 1. The number of rotatable bonds is 26. The number of urea groups is 1. The Kier molecular flexibility index (Phi) is 26.0. The first-order valence-electron chi connectivity index (χ1n) is 28.4. The van der Waals surface area contributed by atoms with Gasteiger partial charge in [0, 0.05) is 71.8 Å². The van der Waals surface area contributed by atoms with Crippen molar-refractivity contribution in [3.05, 3.63) is 58.7 Å². The standard InChI is InChI=1S/C57H82ClN11O17S/c1-31-13-12-15-41(83-8)57(81)30-40(84-55(80)66-57)32(2)49-56(4,86-49)42(29-47(74)68(6)38-26-34(25-31)27-39(82-7)48(38)58)85-53(78)33(3)67(5)54(79)65-36(19-24-87-9)51(76)64-37(28-43(60)70)52(77)63-35(14-10-11-20-59)50(75)62-22-21-61-44(71)18-23-69-45(72)16-17-46(69)73/h12-13,15-17,26-27,32-33,35-37,40-42,49,81H,10-11,14,18-25,28-30,59H2,1-9H3,(H2,60,70)(H,61,71)(H,62,75)(H,63,77)(H,64,76)(H,65,79)(H,66,80). The molecule has 11 N–H and O–H groups in total. The summed E-state index contributed by atoms with van der Waals surface area (Å²) in [6.07, 6.45) is 3.58. The fourth-order valence-electron chi connectivity index (χ4n) is 10.1. The number of likely N-dealkylation sites (N-methyl/N-ethyl adjacent to an activating group) is 1. The number of carbonyl (C=O) groups excluding carboxylic acids is 11. The molecular formula is C57H82ClN11O17S. The van der Waals surface area contributed by atoms with E-state index < -0.39 is 144 Å². The summed E-state index contributed by atoms with van der Waals surface area (Å²) < 4.78 is 29.5. The largest absolute Gasteiger partial charge is 0.495 e. The number of imide groups is 1. The molecule has 0 aliphatic carbocycles. The van der Waals surface area contributed by atoms with Gasteiger partial charge in [-0.05, 0) is 89.1 Å². The Bertz CT molecular complexity index is 2820. The molecule has 28 nitrogen and oxygen atoms in total. The lowest BCUT2D eigenvalue weighted by Crippen LogP contribution is -2.63. The van der Waals surface area contributed by atoms with Crippen LogP contribution >= 0.6 is 23.4 Å². The molecule has 4 bridgehead atoms. The summed E-state index contributed by atoms with van der Waals surface area (Å²) in [7, 11) is 5.57. The van der Waals surface area contributed by atoms with E-state index in [1.807, 2.05) is 6.92 Å². The molecule has 0 radical (unpaired) electrons. The van der Waals surface area contributed by atoms with E-state index >= 15 is 0 Å². The number of alkyl carbamates (subject to hydrolysis) is 1. The van der Waals surface area contributed by atoms with Gasteiger partial charge in [0.1, 0.15) is 58.9 Å². The lowest BCUT2D eigenvalue weighted by atomic mass is 9.83. The predicted molar refractivity (Wildman–Crippen MR) is 318 cm³/mol. The van der Waals surface area contributed by atoms with Crippen molar-refractivity contribution in [1.82, 2.24) is 41.7 Å². The number of fused-ring (bicyclic) bond motifs is 5. The van der Waals surface area contributed by atoms with Crippen LogP contribution in [0.2, 0.25) is 5.02 Å².